The minimum absolute atomic E-state index is 0.368. The monoisotopic (exact) mass is 201 g/mol. The van der Waals surface area contributed by atoms with Gasteiger partial charge in [-0.3, -0.25) is 0 Å². The van der Waals surface area contributed by atoms with Gasteiger partial charge < -0.3 is 5.21 Å². The molecule has 0 fully saturated rings. The van der Waals surface area contributed by atoms with Gasteiger partial charge >= 0.3 is 5.82 Å². The van der Waals surface area contributed by atoms with Gasteiger partial charge in [-0.15, -0.1) is 0 Å². The second-order valence-electron chi connectivity index (χ2n) is 3.34. The lowest BCUT2D eigenvalue weighted by molar-refractivity contribution is -0.623. The molecule has 1 aromatic heterocycles. The predicted octanol–water partition coefficient (Wildman–Crippen LogP) is 1.39. The topological polar surface area (TPSA) is 52.7 Å². The third kappa shape index (κ3) is 1.66. The summed E-state index contributed by atoms with van der Waals surface area (Å²) in [5.41, 5.74) is 2.12. The highest BCUT2D eigenvalue weighted by atomic mass is 16.5. The van der Waals surface area contributed by atoms with Crippen LogP contribution >= 0.6 is 0 Å². The molecule has 15 heavy (non-hydrogen) atoms. The Balaban J connectivity index is 2.60. The van der Waals surface area contributed by atoms with Crippen LogP contribution < -0.4 is 4.73 Å². The number of aryl methyl sites for hydroxylation is 1. The lowest BCUT2D eigenvalue weighted by atomic mass is 10.1. The van der Waals surface area contributed by atoms with Gasteiger partial charge in [0.15, 0.2) is 5.69 Å². The van der Waals surface area contributed by atoms with Crippen molar-refractivity contribution in [3.63, 3.8) is 0 Å². The van der Waals surface area contributed by atoms with E-state index in [9.17, 15) is 5.21 Å². The van der Waals surface area contributed by atoms with Crippen molar-refractivity contribution < 1.29 is 4.73 Å². The zero-order valence-electron chi connectivity index (χ0n) is 8.64. The van der Waals surface area contributed by atoms with Crippen molar-refractivity contribution in [3.05, 3.63) is 47.1 Å². The van der Waals surface area contributed by atoms with E-state index in [4.69, 9.17) is 0 Å². The molecule has 4 nitrogen and oxygen atoms in total. The minimum atomic E-state index is 0.368. The Labute approximate surface area is 87.8 Å². The van der Waals surface area contributed by atoms with E-state index in [2.05, 4.69) is 10.2 Å². The molecule has 2 rings (SSSR count). The Morgan fingerprint density at radius 2 is 1.73 bits per heavy atom. The molecular weight excluding hydrogens is 190 g/mol. The van der Waals surface area contributed by atoms with Gasteiger partial charge in [-0.1, -0.05) is 30.3 Å². The van der Waals surface area contributed by atoms with Gasteiger partial charge in [-0.25, -0.2) is 4.73 Å². The first-order chi connectivity index (χ1) is 7.20. The van der Waals surface area contributed by atoms with Crippen LogP contribution in [0.15, 0.2) is 30.3 Å². The van der Waals surface area contributed by atoms with Crippen LogP contribution in [0.3, 0.4) is 0 Å². The summed E-state index contributed by atoms with van der Waals surface area (Å²) in [5.74, 6) is 0.368. The lowest BCUT2D eigenvalue weighted by Crippen LogP contribution is -2.36. The molecule has 4 heteroatoms. The summed E-state index contributed by atoms with van der Waals surface area (Å²) in [4.78, 5) is 0. The molecule has 0 N–H and O–H groups in total. The Kier molecular flexibility index (Phi) is 2.33. The largest absolute Gasteiger partial charge is 0.710 e. The molecule has 0 bridgehead atoms. The van der Waals surface area contributed by atoms with Crippen LogP contribution in [0.1, 0.15) is 11.5 Å². The summed E-state index contributed by atoms with van der Waals surface area (Å²) in [6.45, 7) is 3.39. The van der Waals surface area contributed by atoms with E-state index in [0.29, 0.717) is 17.2 Å². The van der Waals surface area contributed by atoms with Gasteiger partial charge in [0.25, 0.3) is 0 Å². The van der Waals surface area contributed by atoms with E-state index in [1.807, 2.05) is 30.3 Å². The smallest absolute Gasteiger partial charge is 0.326 e. The molecule has 0 radical (unpaired) electrons. The molecule has 1 heterocycles. The Morgan fingerprint density at radius 3 is 2.40 bits per heavy atom. The van der Waals surface area contributed by atoms with Gasteiger partial charge in [-0.05, 0) is 5.10 Å². The second kappa shape index (κ2) is 3.65. The summed E-state index contributed by atoms with van der Waals surface area (Å²) >= 11 is 0. The van der Waals surface area contributed by atoms with Gasteiger partial charge in [-0.2, -0.15) is 0 Å². The fourth-order valence-electron chi connectivity index (χ4n) is 1.44. The van der Waals surface area contributed by atoms with E-state index in [1.165, 1.54) is 0 Å². The van der Waals surface area contributed by atoms with Crippen LogP contribution in [0.2, 0.25) is 0 Å². The van der Waals surface area contributed by atoms with Crippen LogP contribution in [0.25, 0.3) is 11.3 Å². The van der Waals surface area contributed by atoms with Crippen LogP contribution in [-0.4, -0.2) is 10.2 Å². The molecule has 0 saturated heterocycles. The summed E-state index contributed by atoms with van der Waals surface area (Å²) in [5, 5.41) is 19.4. The highest BCUT2D eigenvalue weighted by Gasteiger charge is 2.13. The minimum Gasteiger partial charge on any atom is -0.710 e. The van der Waals surface area contributed by atoms with E-state index in [-0.39, 0.29) is 0 Å². The first kappa shape index (κ1) is 9.58. The second-order valence-corrected chi connectivity index (χ2v) is 3.34. The Morgan fingerprint density at radius 1 is 1.07 bits per heavy atom. The standard InChI is InChI=1S/C11H11N3O/c1-8-11(10-6-4-3-5-7-10)13-12-9(2)14(8)15/h3-7H,1-2H3. The number of hydrogen-bond donors (Lipinski definition) is 0. The number of benzene rings is 1. The Hall–Kier alpha value is -1.97. The molecule has 0 atom stereocenters. The molecule has 0 spiro atoms. The number of aromatic nitrogens is 3. The van der Waals surface area contributed by atoms with Crippen molar-refractivity contribution in [3.8, 4) is 11.3 Å². The maximum atomic E-state index is 11.6. The number of nitrogens with zero attached hydrogens (tertiary/aromatic N) is 3. The van der Waals surface area contributed by atoms with Gasteiger partial charge in [0, 0.05) is 19.4 Å². The molecule has 0 aliphatic rings. The van der Waals surface area contributed by atoms with Gasteiger partial charge in [0.05, 0.1) is 5.10 Å². The molecule has 0 amide bonds. The first-order valence-corrected chi connectivity index (χ1v) is 4.69. The van der Waals surface area contributed by atoms with Gasteiger partial charge in [0.2, 0.25) is 0 Å². The highest BCUT2D eigenvalue weighted by molar-refractivity contribution is 5.59. The normalized spacial score (nSPS) is 10.3. The van der Waals surface area contributed by atoms with Crippen molar-refractivity contribution in [2.75, 3.05) is 0 Å². The molecule has 1 aromatic carbocycles. The highest BCUT2D eigenvalue weighted by Crippen LogP contribution is 2.16. The molecule has 0 saturated carbocycles. The SMILES string of the molecule is Cc1nnc(-c2ccccc2)c(C)[n+]1[O-]. The zero-order chi connectivity index (χ0) is 10.8. The number of rotatable bonds is 1. The van der Waals surface area contributed by atoms with Crippen molar-refractivity contribution in [1.29, 1.82) is 0 Å². The van der Waals surface area contributed by atoms with Crippen LogP contribution in [0, 0.1) is 19.1 Å². The quantitative estimate of drug-likeness (QED) is 0.517. The van der Waals surface area contributed by atoms with E-state index < -0.39 is 0 Å². The summed E-state index contributed by atoms with van der Waals surface area (Å²) in [6.07, 6.45) is 0. The van der Waals surface area contributed by atoms with Crippen molar-refractivity contribution in [2.24, 2.45) is 0 Å². The molecule has 0 aliphatic heterocycles. The molecule has 0 aliphatic carbocycles. The van der Waals surface area contributed by atoms with Crippen molar-refractivity contribution in [1.82, 2.24) is 10.2 Å². The predicted molar refractivity (Wildman–Crippen MR) is 55.9 cm³/mol. The molecule has 76 valence electrons. The third-order valence-electron chi connectivity index (χ3n) is 2.28. The first-order valence-electron chi connectivity index (χ1n) is 4.69. The van der Waals surface area contributed by atoms with Crippen molar-refractivity contribution >= 4 is 0 Å². The molecule has 0 unspecified atom stereocenters. The van der Waals surface area contributed by atoms with E-state index >= 15 is 0 Å². The average Bonchev–Trinajstić information content (AvgIpc) is 2.27. The molecular formula is C11H11N3O. The van der Waals surface area contributed by atoms with Crippen molar-refractivity contribution in [2.45, 2.75) is 13.8 Å². The average molecular weight is 201 g/mol. The van der Waals surface area contributed by atoms with Gasteiger partial charge in [0.1, 0.15) is 5.69 Å². The van der Waals surface area contributed by atoms with Crippen LogP contribution in [-0.2, 0) is 0 Å². The lowest BCUT2D eigenvalue weighted by Gasteiger charge is -2.08. The third-order valence-corrected chi connectivity index (χ3v) is 2.28. The van der Waals surface area contributed by atoms with E-state index in [0.717, 1.165) is 10.3 Å². The Bertz CT molecular complexity index is 483. The maximum Gasteiger partial charge on any atom is 0.326 e. The summed E-state index contributed by atoms with van der Waals surface area (Å²) in [7, 11) is 0. The summed E-state index contributed by atoms with van der Waals surface area (Å²) < 4.78 is 0.801. The van der Waals surface area contributed by atoms with E-state index in [1.54, 1.807) is 13.8 Å². The summed E-state index contributed by atoms with van der Waals surface area (Å²) in [6, 6.07) is 9.56. The fourth-order valence-corrected chi connectivity index (χ4v) is 1.44. The maximum absolute atomic E-state index is 11.6. The van der Waals surface area contributed by atoms with Crippen LogP contribution in [0.5, 0.6) is 0 Å². The fraction of sp³-hybridized carbons (Fsp3) is 0.182. The molecule has 2 aromatic rings. The van der Waals surface area contributed by atoms with Crippen LogP contribution in [0.4, 0.5) is 0 Å². The zero-order valence-corrected chi connectivity index (χ0v) is 8.64. The number of hydrogen-bond acceptors (Lipinski definition) is 3.